The standard InChI is InChI=1S/C15H19NO4S/c1-20-12-5-3-2-4-11(12)16-13(17)9-21-10-15(6-7-15)8-14(18)19/h2-5H,6-10H2,1H3,(H,16,17)(H,18,19). The van der Waals surface area contributed by atoms with Crippen molar-refractivity contribution in [1.82, 2.24) is 0 Å². The second-order valence-electron chi connectivity index (χ2n) is 5.31. The Kier molecular flexibility index (Phi) is 5.12. The van der Waals surface area contributed by atoms with Gasteiger partial charge in [-0.25, -0.2) is 0 Å². The molecule has 0 radical (unpaired) electrons. The van der Waals surface area contributed by atoms with Gasteiger partial charge in [-0.05, 0) is 36.1 Å². The summed E-state index contributed by atoms with van der Waals surface area (Å²) >= 11 is 1.49. The van der Waals surface area contributed by atoms with Crippen LogP contribution < -0.4 is 10.1 Å². The van der Waals surface area contributed by atoms with Crippen LogP contribution in [0.3, 0.4) is 0 Å². The number of nitrogens with one attached hydrogen (secondary N) is 1. The average Bonchev–Trinajstić information content (AvgIpc) is 3.18. The van der Waals surface area contributed by atoms with E-state index >= 15 is 0 Å². The van der Waals surface area contributed by atoms with Gasteiger partial charge in [-0.2, -0.15) is 11.8 Å². The number of carboxylic acids is 1. The van der Waals surface area contributed by atoms with Crippen LogP contribution in [0.4, 0.5) is 5.69 Å². The van der Waals surface area contributed by atoms with Gasteiger partial charge in [0.2, 0.25) is 5.91 Å². The molecule has 0 aromatic heterocycles. The first kappa shape index (κ1) is 15.7. The summed E-state index contributed by atoms with van der Waals surface area (Å²) in [6.07, 6.45) is 2.09. The van der Waals surface area contributed by atoms with E-state index < -0.39 is 5.97 Å². The van der Waals surface area contributed by atoms with Crippen LogP contribution in [0.25, 0.3) is 0 Å². The van der Waals surface area contributed by atoms with Crippen molar-refractivity contribution >= 4 is 29.3 Å². The first-order valence-electron chi connectivity index (χ1n) is 6.77. The van der Waals surface area contributed by atoms with Crippen LogP contribution in [0.5, 0.6) is 5.75 Å². The highest BCUT2D eigenvalue weighted by atomic mass is 32.2. The number of rotatable bonds is 8. The van der Waals surface area contributed by atoms with Gasteiger partial charge in [0.15, 0.2) is 0 Å². The van der Waals surface area contributed by atoms with Gasteiger partial charge in [0, 0.05) is 0 Å². The van der Waals surface area contributed by atoms with Crippen molar-refractivity contribution in [2.24, 2.45) is 5.41 Å². The summed E-state index contributed by atoms with van der Waals surface area (Å²) in [5.74, 6) is 0.806. The summed E-state index contributed by atoms with van der Waals surface area (Å²) in [6.45, 7) is 0. The molecule has 114 valence electrons. The Morgan fingerprint density at radius 2 is 2.10 bits per heavy atom. The number of amides is 1. The number of anilines is 1. The Balaban J connectivity index is 1.76. The summed E-state index contributed by atoms with van der Waals surface area (Å²) in [5.41, 5.74) is 0.568. The zero-order valence-electron chi connectivity index (χ0n) is 11.9. The number of benzene rings is 1. The monoisotopic (exact) mass is 309 g/mol. The van der Waals surface area contributed by atoms with Crippen molar-refractivity contribution in [3.8, 4) is 5.75 Å². The molecule has 1 aromatic rings. The van der Waals surface area contributed by atoms with E-state index in [-0.39, 0.29) is 17.7 Å². The topological polar surface area (TPSA) is 75.6 Å². The van der Waals surface area contributed by atoms with Crippen molar-refractivity contribution in [2.75, 3.05) is 23.9 Å². The molecule has 1 fully saturated rings. The van der Waals surface area contributed by atoms with Crippen LogP contribution in [0.15, 0.2) is 24.3 Å². The van der Waals surface area contributed by atoms with Crippen molar-refractivity contribution in [1.29, 1.82) is 0 Å². The molecule has 1 aliphatic carbocycles. The normalized spacial score (nSPS) is 15.3. The maximum Gasteiger partial charge on any atom is 0.303 e. The number of methoxy groups -OCH3 is 1. The van der Waals surface area contributed by atoms with Gasteiger partial charge in [0.25, 0.3) is 0 Å². The lowest BCUT2D eigenvalue weighted by molar-refractivity contribution is -0.138. The number of carbonyl (C=O) groups is 2. The number of hydrogen-bond donors (Lipinski definition) is 2. The molecular weight excluding hydrogens is 290 g/mol. The van der Waals surface area contributed by atoms with Crippen molar-refractivity contribution in [2.45, 2.75) is 19.3 Å². The quantitative estimate of drug-likeness (QED) is 0.772. The van der Waals surface area contributed by atoms with E-state index in [9.17, 15) is 9.59 Å². The molecule has 1 aromatic carbocycles. The zero-order chi connectivity index (χ0) is 15.3. The van der Waals surface area contributed by atoms with Crippen LogP contribution in [-0.2, 0) is 9.59 Å². The maximum atomic E-state index is 11.9. The van der Waals surface area contributed by atoms with Crippen molar-refractivity contribution in [3.63, 3.8) is 0 Å². The minimum Gasteiger partial charge on any atom is -0.495 e. The first-order chi connectivity index (χ1) is 10.0. The number of ether oxygens (including phenoxy) is 1. The highest BCUT2D eigenvalue weighted by molar-refractivity contribution is 8.00. The van der Waals surface area contributed by atoms with Crippen molar-refractivity contribution < 1.29 is 19.4 Å². The molecule has 6 heteroatoms. The van der Waals surface area contributed by atoms with Gasteiger partial charge in [0.05, 0.1) is 25.0 Å². The molecule has 1 saturated carbocycles. The third-order valence-corrected chi connectivity index (χ3v) is 4.79. The number of para-hydroxylation sites is 2. The Morgan fingerprint density at radius 1 is 1.38 bits per heavy atom. The fourth-order valence-electron chi connectivity index (χ4n) is 2.16. The van der Waals surface area contributed by atoms with Gasteiger partial charge in [-0.1, -0.05) is 12.1 Å². The fraction of sp³-hybridized carbons (Fsp3) is 0.467. The SMILES string of the molecule is COc1ccccc1NC(=O)CSCC1(CC(=O)O)CC1. The Morgan fingerprint density at radius 3 is 2.71 bits per heavy atom. The van der Waals surface area contributed by atoms with Crippen molar-refractivity contribution in [3.05, 3.63) is 24.3 Å². The molecule has 0 saturated heterocycles. The van der Waals surface area contributed by atoms with E-state index in [0.717, 1.165) is 18.6 Å². The zero-order valence-corrected chi connectivity index (χ0v) is 12.7. The molecule has 0 aliphatic heterocycles. The van der Waals surface area contributed by atoms with Gasteiger partial charge >= 0.3 is 5.97 Å². The van der Waals surface area contributed by atoms with Gasteiger partial charge < -0.3 is 15.2 Å². The van der Waals surface area contributed by atoms with Crippen LogP contribution >= 0.6 is 11.8 Å². The average molecular weight is 309 g/mol. The van der Waals surface area contributed by atoms with Gasteiger partial charge in [0.1, 0.15) is 5.75 Å². The van der Waals surface area contributed by atoms with E-state index in [1.54, 1.807) is 19.2 Å². The first-order valence-corrected chi connectivity index (χ1v) is 7.92. The van der Waals surface area contributed by atoms with Crippen LogP contribution in [0.2, 0.25) is 0 Å². The molecule has 0 bridgehead atoms. The second-order valence-corrected chi connectivity index (χ2v) is 6.30. The third kappa shape index (κ3) is 4.67. The molecule has 2 rings (SSSR count). The minimum atomic E-state index is -0.758. The van der Waals surface area contributed by atoms with Crippen LogP contribution in [0, 0.1) is 5.41 Å². The fourth-order valence-corrected chi connectivity index (χ4v) is 3.35. The van der Waals surface area contributed by atoms with Gasteiger partial charge in [-0.3, -0.25) is 9.59 Å². The number of carboxylic acid groups (broad SMARTS) is 1. The van der Waals surface area contributed by atoms with E-state index in [2.05, 4.69) is 5.32 Å². The molecule has 0 heterocycles. The molecule has 0 atom stereocenters. The lowest BCUT2D eigenvalue weighted by atomic mass is 10.1. The van der Waals surface area contributed by atoms with Crippen LogP contribution in [-0.4, -0.2) is 35.6 Å². The van der Waals surface area contributed by atoms with Crippen LogP contribution in [0.1, 0.15) is 19.3 Å². The summed E-state index contributed by atoms with van der Waals surface area (Å²) < 4.78 is 5.17. The second kappa shape index (κ2) is 6.85. The Hall–Kier alpha value is -1.69. The van der Waals surface area contributed by atoms with Gasteiger partial charge in [-0.15, -0.1) is 0 Å². The van der Waals surface area contributed by atoms with E-state index in [4.69, 9.17) is 9.84 Å². The van der Waals surface area contributed by atoms with E-state index in [0.29, 0.717) is 17.2 Å². The molecule has 5 nitrogen and oxygen atoms in total. The number of hydrogen-bond acceptors (Lipinski definition) is 4. The summed E-state index contributed by atoms with van der Waals surface area (Å²) in [5, 5.41) is 11.7. The lowest BCUT2D eigenvalue weighted by Gasteiger charge is -2.12. The minimum absolute atomic E-state index is 0.0821. The predicted octanol–water partition coefficient (Wildman–Crippen LogP) is 2.62. The Labute approximate surface area is 128 Å². The van der Waals surface area contributed by atoms with E-state index in [1.165, 1.54) is 11.8 Å². The molecule has 1 amide bonds. The molecule has 1 aliphatic rings. The number of thioether (sulfide) groups is 1. The van der Waals surface area contributed by atoms with E-state index in [1.807, 2.05) is 12.1 Å². The maximum absolute atomic E-state index is 11.9. The lowest BCUT2D eigenvalue weighted by Crippen LogP contribution is -2.17. The number of carbonyl (C=O) groups excluding carboxylic acids is 1. The largest absolute Gasteiger partial charge is 0.495 e. The summed E-state index contributed by atoms with van der Waals surface area (Å²) in [7, 11) is 1.56. The smallest absolute Gasteiger partial charge is 0.303 e. The summed E-state index contributed by atoms with van der Waals surface area (Å²) in [4.78, 5) is 22.7. The number of aliphatic carboxylic acids is 1. The molecule has 0 unspecified atom stereocenters. The molecule has 0 spiro atoms. The summed E-state index contributed by atoms with van der Waals surface area (Å²) in [6, 6.07) is 7.24. The molecule has 21 heavy (non-hydrogen) atoms. The third-order valence-electron chi connectivity index (χ3n) is 3.51. The highest BCUT2D eigenvalue weighted by Crippen LogP contribution is 2.50. The molecule has 2 N–H and O–H groups in total. The predicted molar refractivity (Wildman–Crippen MR) is 82.9 cm³/mol. The highest BCUT2D eigenvalue weighted by Gasteiger charge is 2.44. The molecular formula is C15H19NO4S. The Bertz CT molecular complexity index is 528.